The van der Waals surface area contributed by atoms with E-state index in [1.165, 1.54) is 16.4 Å². The number of hydrogen-bond acceptors (Lipinski definition) is 7. The van der Waals surface area contributed by atoms with Gasteiger partial charge in [-0.1, -0.05) is 20.3 Å². The van der Waals surface area contributed by atoms with Gasteiger partial charge in [0, 0.05) is 12.2 Å². The van der Waals surface area contributed by atoms with Crippen molar-refractivity contribution < 1.29 is 17.9 Å². The number of sulfonamides is 1. The summed E-state index contributed by atoms with van der Waals surface area (Å²) in [4.78, 5) is 13.9. The molecule has 0 bridgehead atoms. The van der Waals surface area contributed by atoms with Gasteiger partial charge >= 0.3 is 5.97 Å². The molecule has 0 aromatic heterocycles. The van der Waals surface area contributed by atoms with E-state index in [9.17, 15) is 13.2 Å². The van der Waals surface area contributed by atoms with Crippen LogP contribution in [0.5, 0.6) is 0 Å². The number of carbonyl (C=O) groups excluding carboxylic acids is 1. The number of nitrogen functional groups attached to an aromatic ring is 1. The number of likely N-dealkylation sites (N-methyl/N-ethyl adjacent to an activating group) is 1. The maximum absolute atomic E-state index is 13.4. The molecule has 0 aliphatic carbocycles. The zero-order valence-electron chi connectivity index (χ0n) is 18.0. The summed E-state index contributed by atoms with van der Waals surface area (Å²) >= 11 is 0. The molecule has 29 heavy (non-hydrogen) atoms. The lowest BCUT2D eigenvalue weighted by Crippen LogP contribution is -2.45. The van der Waals surface area contributed by atoms with Crippen molar-refractivity contribution in [2.75, 3.05) is 46.1 Å². The Morgan fingerprint density at radius 3 is 2.28 bits per heavy atom. The minimum Gasteiger partial charge on any atom is -0.463 e. The van der Waals surface area contributed by atoms with Gasteiger partial charge in [0.05, 0.1) is 17.5 Å². The zero-order chi connectivity index (χ0) is 22.0. The molecule has 0 radical (unpaired) electrons. The van der Waals surface area contributed by atoms with Crippen LogP contribution in [0.3, 0.4) is 0 Å². The number of nitrogens with zero attached hydrogens (tertiary/aromatic N) is 2. The van der Waals surface area contributed by atoms with Crippen molar-refractivity contribution in [3.63, 3.8) is 0 Å². The van der Waals surface area contributed by atoms with Gasteiger partial charge in [0.2, 0.25) is 10.0 Å². The average molecular weight is 429 g/mol. The summed E-state index contributed by atoms with van der Waals surface area (Å²) < 4.78 is 33.7. The molecule has 1 aromatic rings. The molecular weight excluding hydrogens is 392 g/mol. The fourth-order valence-corrected chi connectivity index (χ4v) is 4.71. The van der Waals surface area contributed by atoms with Crippen LogP contribution >= 0.6 is 0 Å². The first-order valence-corrected chi connectivity index (χ1v) is 11.4. The summed E-state index contributed by atoms with van der Waals surface area (Å²) in [6.07, 6.45) is 2.09. The van der Waals surface area contributed by atoms with E-state index in [2.05, 4.69) is 0 Å². The molecule has 1 atom stereocenters. The first kappa shape index (κ1) is 25.4. The standard InChI is InChI=1S/C20H36N4O4S/c1-16(2)13-24(29(26,27)19-10-8-17(22)9-11-19)18(7-5-6-12-21)15-28-20(25)14-23(3)4/h8-11,16,18H,5-7,12-15,21-22H2,1-4H3/t18-/m0/s1. The monoisotopic (exact) mass is 428 g/mol. The summed E-state index contributed by atoms with van der Waals surface area (Å²) in [6, 6.07) is 5.69. The van der Waals surface area contributed by atoms with E-state index in [-0.39, 0.29) is 29.9 Å². The minimum absolute atomic E-state index is 0.0121. The largest absolute Gasteiger partial charge is 0.463 e. The SMILES string of the molecule is CC(C)CN([C@@H](CCCCN)COC(=O)CN(C)C)S(=O)(=O)c1ccc(N)cc1. The molecule has 9 heteroatoms. The smallest absolute Gasteiger partial charge is 0.320 e. The van der Waals surface area contributed by atoms with Gasteiger partial charge in [-0.25, -0.2) is 8.42 Å². The van der Waals surface area contributed by atoms with Gasteiger partial charge in [0.1, 0.15) is 6.61 Å². The van der Waals surface area contributed by atoms with Crippen molar-refractivity contribution >= 4 is 21.7 Å². The molecule has 0 saturated heterocycles. The Balaban J connectivity index is 3.14. The second kappa shape index (κ2) is 12.1. The summed E-state index contributed by atoms with van der Waals surface area (Å²) in [5.41, 5.74) is 11.8. The van der Waals surface area contributed by atoms with E-state index in [0.29, 0.717) is 25.2 Å². The maximum Gasteiger partial charge on any atom is 0.320 e. The molecule has 0 aliphatic rings. The molecule has 0 aliphatic heterocycles. The predicted molar refractivity (Wildman–Crippen MR) is 116 cm³/mol. The Labute approximate surface area is 175 Å². The fourth-order valence-electron chi connectivity index (χ4n) is 2.91. The first-order chi connectivity index (χ1) is 13.6. The van der Waals surface area contributed by atoms with Crippen molar-refractivity contribution in [1.29, 1.82) is 0 Å². The third kappa shape index (κ3) is 8.69. The maximum atomic E-state index is 13.4. The lowest BCUT2D eigenvalue weighted by molar-refractivity contribution is -0.145. The molecule has 4 N–H and O–H groups in total. The number of hydrogen-bond donors (Lipinski definition) is 2. The Morgan fingerprint density at radius 2 is 1.76 bits per heavy atom. The lowest BCUT2D eigenvalue weighted by Gasteiger charge is -2.32. The normalized spacial score (nSPS) is 13.2. The molecule has 0 saturated carbocycles. The van der Waals surface area contributed by atoms with E-state index in [1.54, 1.807) is 31.1 Å². The van der Waals surface area contributed by atoms with Crippen LogP contribution in [-0.2, 0) is 19.6 Å². The van der Waals surface area contributed by atoms with Crippen molar-refractivity contribution in [2.45, 2.75) is 44.0 Å². The van der Waals surface area contributed by atoms with Gasteiger partial charge in [0.15, 0.2) is 0 Å². The number of unbranched alkanes of at least 4 members (excludes halogenated alkanes) is 1. The molecule has 1 rings (SSSR count). The second-order valence-electron chi connectivity index (χ2n) is 7.90. The fraction of sp³-hybridized carbons (Fsp3) is 0.650. The number of rotatable bonds is 13. The number of esters is 1. The Kier molecular flexibility index (Phi) is 10.6. The van der Waals surface area contributed by atoms with E-state index >= 15 is 0 Å². The number of carbonyl (C=O) groups is 1. The molecular formula is C20H36N4O4S. The zero-order valence-corrected chi connectivity index (χ0v) is 18.8. The van der Waals surface area contributed by atoms with Crippen LogP contribution < -0.4 is 11.5 Å². The van der Waals surface area contributed by atoms with Crippen LogP contribution in [0, 0.1) is 5.92 Å². The van der Waals surface area contributed by atoms with Gasteiger partial charge in [-0.05, 0) is 63.7 Å². The van der Waals surface area contributed by atoms with E-state index in [1.807, 2.05) is 13.8 Å². The van der Waals surface area contributed by atoms with Crippen LogP contribution in [0.2, 0.25) is 0 Å². The quantitative estimate of drug-likeness (QED) is 0.278. The first-order valence-electron chi connectivity index (χ1n) is 9.95. The number of benzene rings is 1. The minimum atomic E-state index is -3.78. The third-order valence-corrected chi connectivity index (χ3v) is 6.25. The van der Waals surface area contributed by atoms with Gasteiger partial charge < -0.3 is 16.2 Å². The summed E-state index contributed by atoms with van der Waals surface area (Å²) in [6.45, 7) is 4.93. The second-order valence-corrected chi connectivity index (χ2v) is 9.79. The Bertz CT molecular complexity index is 721. The molecule has 1 aromatic carbocycles. The van der Waals surface area contributed by atoms with E-state index in [0.717, 1.165) is 12.8 Å². The summed E-state index contributed by atoms with van der Waals surface area (Å²) in [5.74, 6) is -0.277. The van der Waals surface area contributed by atoms with Crippen molar-refractivity contribution in [3.05, 3.63) is 24.3 Å². The van der Waals surface area contributed by atoms with Crippen LogP contribution in [0.4, 0.5) is 5.69 Å². The highest BCUT2D eigenvalue weighted by atomic mass is 32.2. The number of nitrogens with two attached hydrogens (primary N) is 2. The molecule has 0 heterocycles. The van der Waals surface area contributed by atoms with Crippen LogP contribution in [-0.4, -0.2) is 70.0 Å². The molecule has 0 spiro atoms. The lowest BCUT2D eigenvalue weighted by atomic mass is 10.1. The van der Waals surface area contributed by atoms with Gasteiger partial charge in [-0.2, -0.15) is 4.31 Å². The number of ether oxygens (including phenoxy) is 1. The Hall–Kier alpha value is -1.68. The van der Waals surface area contributed by atoms with E-state index in [4.69, 9.17) is 16.2 Å². The van der Waals surface area contributed by atoms with Crippen LogP contribution in [0.25, 0.3) is 0 Å². The molecule has 0 unspecified atom stereocenters. The predicted octanol–water partition coefficient (Wildman–Crippen LogP) is 1.52. The van der Waals surface area contributed by atoms with Crippen molar-refractivity contribution in [3.8, 4) is 0 Å². The van der Waals surface area contributed by atoms with Crippen LogP contribution in [0.15, 0.2) is 29.2 Å². The highest BCUT2D eigenvalue weighted by Gasteiger charge is 2.32. The summed E-state index contributed by atoms with van der Waals surface area (Å²) in [7, 11) is -0.227. The molecule has 0 fully saturated rings. The highest BCUT2D eigenvalue weighted by Crippen LogP contribution is 2.23. The summed E-state index contributed by atoms with van der Waals surface area (Å²) in [5, 5.41) is 0. The topological polar surface area (TPSA) is 119 Å². The Morgan fingerprint density at radius 1 is 1.14 bits per heavy atom. The van der Waals surface area contributed by atoms with Crippen molar-refractivity contribution in [2.24, 2.45) is 11.7 Å². The molecule has 8 nitrogen and oxygen atoms in total. The van der Waals surface area contributed by atoms with E-state index < -0.39 is 16.1 Å². The van der Waals surface area contributed by atoms with Gasteiger partial charge in [-0.15, -0.1) is 0 Å². The highest BCUT2D eigenvalue weighted by molar-refractivity contribution is 7.89. The van der Waals surface area contributed by atoms with Crippen LogP contribution in [0.1, 0.15) is 33.1 Å². The van der Waals surface area contributed by atoms with Crippen molar-refractivity contribution in [1.82, 2.24) is 9.21 Å². The average Bonchev–Trinajstić information content (AvgIpc) is 2.62. The molecule has 166 valence electrons. The van der Waals surface area contributed by atoms with Gasteiger partial charge in [0.25, 0.3) is 0 Å². The third-order valence-electron chi connectivity index (χ3n) is 4.31. The van der Waals surface area contributed by atoms with Gasteiger partial charge in [-0.3, -0.25) is 9.69 Å². The number of anilines is 1. The molecule has 0 amide bonds.